The van der Waals surface area contributed by atoms with Crippen LogP contribution >= 0.6 is 0 Å². The lowest BCUT2D eigenvalue weighted by Crippen LogP contribution is -2.16. The summed E-state index contributed by atoms with van der Waals surface area (Å²) in [6, 6.07) is 18.2. The minimum atomic E-state index is 0.347. The lowest BCUT2D eigenvalue weighted by atomic mass is 9.87. The van der Waals surface area contributed by atoms with E-state index in [1.54, 1.807) is 20.9 Å². The first-order valence-corrected chi connectivity index (χ1v) is 7.73. The molecule has 0 saturated heterocycles. The first-order chi connectivity index (χ1) is 8.45. The minimum absolute atomic E-state index is 0.347. The third-order valence-electron chi connectivity index (χ3n) is 3.96. The molecule has 2 aromatic carbocycles. The Bertz CT molecular complexity index is 476. The number of hydrogen-bond acceptors (Lipinski definition) is 0. The van der Waals surface area contributed by atoms with E-state index in [-0.39, 0.29) is 0 Å². The van der Waals surface area contributed by atoms with Crippen molar-refractivity contribution < 1.29 is 0 Å². The average molecular weight is 239 g/mol. The Morgan fingerprint density at radius 2 is 1.41 bits per heavy atom. The van der Waals surface area contributed by atoms with Gasteiger partial charge >= 0.3 is 0 Å². The maximum Gasteiger partial charge on any atom is 0.164 e. The van der Waals surface area contributed by atoms with E-state index in [1.807, 2.05) is 0 Å². The Hall–Kier alpha value is -1.21. The molecular weight excluding hydrogens is 224 g/mol. The zero-order valence-corrected chi connectivity index (χ0v) is 10.5. The van der Waals surface area contributed by atoms with Gasteiger partial charge in [0.05, 0.1) is 10.9 Å². The van der Waals surface area contributed by atoms with Gasteiger partial charge in [-0.25, -0.2) is 0 Å². The van der Waals surface area contributed by atoms with Crippen LogP contribution in [0, 0.1) is 0 Å². The normalized spacial score (nSPS) is 24.9. The van der Waals surface area contributed by atoms with Gasteiger partial charge in [0.15, 0.2) is 9.79 Å². The van der Waals surface area contributed by atoms with Gasteiger partial charge in [-0.2, -0.15) is 0 Å². The van der Waals surface area contributed by atoms with E-state index >= 15 is 0 Å². The average Bonchev–Trinajstić information content (AvgIpc) is 2.70. The van der Waals surface area contributed by atoms with Crippen LogP contribution in [0.5, 0.6) is 0 Å². The predicted molar refractivity (Wildman–Crippen MR) is 72.7 cm³/mol. The van der Waals surface area contributed by atoms with Crippen LogP contribution in [0.25, 0.3) is 0 Å². The van der Waals surface area contributed by atoms with E-state index in [9.17, 15) is 0 Å². The van der Waals surface area contributed by atoms with E-state index in [4.69, 9.17) is 0 Å². The van der Waals surface area contributed by atoms with Crippen molar-refractivity contribution in [1.82, 2.24) is 0 Å². The zero-order valence-electron chi connectivity index (χ0n) is 9.73. The lowest BCUT2D eigenvalue weighted by molar-refractivity contribution is 0.694. The molecule has 0 nitrogen and oxygen atoms in total. The van der Waals surface area contributed by atoms with Crippen molar-refractivity contribution >= 4 is 10.9 Å². The van der Waals surface area contributed by atoms with Crippen LogP contribution in [0.1, 0.15) is 29.9 Å². The second-order valence-electron chi connectivity index (χ2n) is 4.87. The van der Waals surface area contributed by atoms with Gasteiger partial charge in [0.2, 0.25) is 0 Å². The van der Waals surface area contributed by atoms with Gasteiger partial charge in [-0.15, -0.1) is 0 Å². The fourth-order valence-electron chi connectivity index (χ4n) is 3.23. The molecule has 0 aromatic heterocycles. The molecule has 3 heterocycles. The molecule has 0 radical (unpaired) electrons. The van der Waals surface area contributed by atoms with Gasteiger partial charge in [-0.1, -0.05) is 36.4 Å². The van der Waals surface area contributed by atoms with Crippen molar-refractivity contribution in [2.45, 2.75) is 28.6 Å². The second-order valence-corrected chi connectivity index (χ2v) is 6.93. The molecule has 0 saturated carbocycles. The highest BCUT2D eigenvalue weighted by Crippen LogP contribution is 2.47. The van der Waals surface area contributed by atoms with Crippen LogP contribution < -0.4 is 0 Å². The van der Waals surface area contributed by atoms with E-state index in [0.29, 0.717) is 16.8 Å². The Kier molecular flexibility index (Phi) is 2.10. The molecule has 17 heavy (non-hydrogen) atoms. The molecule has 0 amide bonds. The van der Waals surface area contributed by atoms with Crippen LogP contribution in [0.2, 0.25) is 0 Å². The molecule has 5 rings (SSSR count). The predicted octanol–water partition coefficient (Wildman–Crippen LogP) is 3.96. The van der Waals surface area contributed by atoms with Crippen molar-refractivity contribution in [2.24, 2.45) is 0 Å². The third kappa shape index (κ3) is 1.32. The van der Waals surface area contributed by atoms with E-state index in [0.717, 1.165) is 0 Å². The molecule has 0 unspecified atom stereocenters. The highest BCUT2D eigenvalue weighted by atomic mass is 32.2. The largest absolute Gasteiger partial charge is 0.164 e. The lowest BCUT2D eigenvalue weighted by Gasteiger charge is -2.22. The highest BCUT2D eigenvalue weighted by molar-refractivity contribution is 7.97. The summed E-state index contributed by atoms with van der Waals surface area (Å²) in [7, 11) is 0.347. The summed E-state index contributed by atoms with van der Waals surface area (Å²) in [5.41, 5.74) is 3.21. The molecule has 2 bridgehead atoms. The van der Waals surface area contributed by atoms with Gasteiger partial charge in [-0.05, 0) is 25.0 Å². The summed E-state index contributed by atoms with van der Waals surface area (Å²) in [5.74, 6) is 2.01. The van der Waals surface area contributed by atoms with Gasteiger partial charge in [0, 0.05) is 17.0 Å². The molecular formula is C16H15S+. The van der Waals surface area contributed by atoms with Gasteiger partial charge in [0.25, 0.3) is 0 Å². The molecule has 0 atom stereocenters. The molecule has 0 spiro atoms. The van der Waals surface area contributed by atoms with Crippen molar-refractivity contribution in [3.63, 3.8) is 0 Å². The summed E-state index contributed by atoms with van der Waals surface area (Å²) in [6.07, 6.45) is 2.70. The van der Waals surface area contributed by atoms with Crippen LogP contribution in [-0.2, 0) is 10.9 Å². The maximum atomic E-state index is 2.35. The van der Waals surface area contributed by atoms with Gasteiger partial charge in [0.1, 0.15) is 5.75 Å². The van der Waals surface area contributed by atoms with Crippen LogP contribution in [0.4, 0.5) is 0 Å². The monoisotopic (exact) mass is 239 g/mol. The molecule has 0 aliphatic carbocycles. The van der Waals surface area contributed by atoms with Crippen LogP contribution in [0.15, 0.2) is 58.3 Å². The molecule has 0 N–H and O–H groups in total. The maximum absolute atomic E-state index is 2.35. The van der Waals surface area contributed by atoms with E-state index in [2.05, 4.69) is 48.5 Å². The Labute approximate surface area is 105 Å². The van der Waals surface area contributed by atoms with Crippen LogP contribution in [-0.4, -0.2) is 5.75 Å². The van der Waals surface area contributed by atoms with Gasteiger partial charge < -0.3 is 0 Å². The van der Waals surface area contributed by atoms with Crippen molar-refractivity contribution in [1.29, 1.82) is 0 Å². The van der Waals surface area contributed by atoms with Crippen molar-refractivity contribution in [3.05, 3.63) is 59.7 Å². The Balaban J connectivity index is 2.04. The number of benzene rings is 2. The SMILES string of the molecule is c1ccc2c(c1)C1CCC[S+]2c2ccccc21. The Morgan fingerprint density at radius 1 is 0.824 bits per heavy atom. The molecule has 0 fully saturated rings. The number of rotatable bonds is 0. The number of fused-ring (bicyclic) bond motifs is 2. The quantitative estimate of drug-likeness (QED) is 0.610. The van der Waals surface area contributed by atoms with Gasteiger partial charge in [-0.3, -0.25) is 0 Å². The summed E-state index contributed by atoms with van der Waals surface area (Å²) >= 11 is 0. The summed E-state index contributed by atoms with van der Waals surface area (Å²) in [5, 5.41) is 0. The highest BCUT2D eigenvalue weighted by Gasteiger charge is 2.42. The first kappa shape index (κ1) is 9.78. The standard InChI is InChI=1S/C16H15S/c1-3-9-15-13(6-1)12-8-5-11-17(15)16-10-4-2-7-14(12)16/h1-4,6-7,9-10,12H,5,8,11H2/q+1. The zero-order chi connectivity index (χ0) is 11.2. The molecule has 84 valence electrons. The number of hydrogen-bond donors (Lipinski definition) is 0. The summed E-state index contributed by atoms with van der Waals surface area (Å²) in [6.45, 7) is 0. The van der Waals surface area contributed by atoms with Crippen molar-refractivity contribution in [2.75, 3.05) is 5.75 Å². The smallest absolute Gasteiger partial charge is 0.0616 e. The second kappa shape index (κ2) is 3.64. The molecule has 3 aliphatic heterocycles. The minimum Gasteiger partial charge on any atom is -0.0616 e. The van der Waals surface area contributed by atoms with E-state index < -0.39 is 0 Å². The topological polar surface area (TPSA) is 0 Å². The summed E-state index contributed by atoms with van der Waals surface area (Å²) < 4.78 is 0. The fourth-order valence-corrected chi connectivity index (χ4v) is 5.84. The van der Waals surface area contributed by atoms with E-state index in [1.165, 1.54) is 18.6 Å². The summed E-state index contributed by atoms with van der Waals surface area (Å²) in [4.78, 5) is 3.24. The fraction of sp³-hybridized carbons (Fsp3) is 0.250. The molecule has 2 aromatic rings. The Morgan fingerprint density at radius 3 is 2.06 bits per heavy atom. The molecule has 1 heteroatoms. The third-order valence-corrected chi connectivity index (χ3v) is 6.46. The molecule has 3 aliphatic rings. The first-order valence-electron chi connectivity index (χ1n) is 6.34. The van der Waals surface area contributed by atoms with Crippen molar-refractivity contribution in [3.8, 4) is 0 Å². The van der Waals surface area contributed by atoms with Crippen LogP contribution in [0.3, 0.4) is 0 Å².